The minimum absolute atomic E-state index is 0.0938. The van der Waals surface area contributed by atoms with E-state index in [0.29, 0.717) is 10.6 Å². The maximum atomic E-state index is 12.9. The van der Waals surface area contributed by atoms with Crippen molar-refractivity contribution in [2.75, 3.05) is 6.61 Å². The minimum atomic E-state index is -0.668. The van der Waals surface area contributed by atoms with Crippen LogP contribution in [0.1, 0.15) is 40.4 Å². The summed E-state index contributed by atoms with van der Waals surface area (Å²) in [5.74, 6) is -1.90. The molecule has 0 heterocycles. The van der Waals surface area contributed by atoms with Gasteiger partial charge in [0.15, 0.2) is 12.4 Å². The Morgan fingerprint density at radius 3 is 2.12 bits per heavy atom. The number of ether oxygens (including phenoxy) is 1. The third-order valence-electron chi connectivity index (χ3n) is 4.73. The number of ketones is 1. The second-order valence-corrected chi connectivity index (χ2v) is 7.49. The summed E-state index contributed by atoms with van der Waals surface area (Å²) in [7, 11) is 0. The highest BCUT2D eigenvalue weighted by atomic mass is 35.5. The van der Waals surface area contributed by atoms with E-state index in [1.165, 1.54) is 24.3 Å². The van der Waals surface area contributed by atoms with Crippen LogP contribution in [0.3, 0.4) is 0 Å². The Hall–Kier alpha value is -3.51. The van der Waals surface area contributed by atoms with E-state index in [2.05, 4.69) is 5.32 Å². The molecule has 164 valence electrons. The number of rotatable bonds is 9. The Kier molecular flexibility index (Phi) is 8.11. The predicted octanol–water partition coefficient (Wildman–Crippen LogP) is 4.89. The summed E-state index contributed by atoms with van der Waals surface area (Å²) in [6, 6.07) is 21.1. The van der Waals surface area contributed by atoms with Crippen molar-refractivity contribution in [1.29, 1.82) is 0 Å². The molecule has 3 rings (SSSR count). The van der Waals surface area contributed by atoms with E-state index in [1.54, 1.807) is 12.1 Å². The van der Waals surface area contributed by atoms with Crippen LogP contribution in [-0.2, 0) is 14.3 Å². The Balaban J connectivity index is 1.53. The number of hydrogen-bond donors (Lipinski definition) is 1. The fraction of sp³-hybridized carbons (Fsp3) is 0.160. The standard InChI is InChI=1S/C25H21ClFNO4/c26-20-10-6-19(7-11-20)25(18-4-2-1-3-5-18)28-23(30)16-32-24(31)15-14-22(29)17-8-12-21(27)13-9-17/h1-13,25H,14-16H2,(H,28,30). The Labute approximate surface area is 190 Å². The number of Topliss-reactive ketones (excluding diaryl/α,β-unsaturated/α-hetero) is 1. The molecule has 1 atom stereocenters. The van der Waals surface area contributed by atoms with Crippen molar-refractivity contribution in [3.8, 4) is 0 Å². The maximum Gasteiger partial charge on any atom is 0.306 e. The number of hydrogen-bond acceptors (Lipinski definition) is 4. The van der Waals surface area contributed by atoms with Gasteiger partial charge in [-0.05, 0) is 47.5 Å². The number of amides is 1. The lowest BCUT2D eigenvalue weighted by Crippen LogP contribution is -2.33. The van der Waals surface area contributed by atoms with E-state index in [-0.39, 0.29) is 18.6 Å². The molecule has 32 heavy (non-hydrogen) atoms. The molecule has 7 heteroatoms. The third-order valence-corrected chi connectivity index (χ3v) is 4.98. The average Bonchev–Trinajstić information content (AvgIpc) is 2.81. The molecule has 3 aromatic carbocycles. The molecule has 0 saturated carbocycles. The molecule has 1 amide bonds. The average molecular weight is 454 g/mol. The van der Waals surface area contributed by atoms with Gasteiger partial charge in [0, 0.05) is 17.0 Å². The van der Waals surface area contributed by atoms with Crippen molar-refractivity contribution in [2.45, 2.75) is 18.9 Å². The summed E-state index contributed by atoms with van der Waals surface area (Å²) in [4.78, 5) is 36.5. The van der Waals surface area contributed by atoms with Crippen LogP contribution in [0.4, 0.5) is 4.39 Å². The molecule has 0 saturated heterocycles. The molecule has 0 spiro atoms. The van der Waals surface area contributed by atoms with Gasteiger partial charge < -0.3 is 10.1 Å². The Bertz CT molecular complexity index is 1070. The van der Waals surface area contributed by atoms with Crippen LogP contribution in [0.25, 0.3) is 0 Å². The summed E-state index contributed by atoms with van der Waals surface area (Å²) in [6.07, 6.45) is -0.272. The molecule has 0 bridgehead atoms. The monoisotopic (exact) mass is 453 g/mol. The molecular formula is C25H21ClFNO4. The molecule has 3 aromatic rings. The van der Waals surface area contributed by atoms with Crippen molar-refractivity contribution in [3.63, 3.8) is 0 Å². The van der Waals surface area contributed by atoms with Crippen LogP contribution >= 0.6 is 11.6 Å². The Morgan fingerprint density at radius 2 is 1.47 bits per heavy atom. The highest BCUT2D eigenvalue weighted by molar-refractivity contribution is 6.30. The number of carbonyl (C=O) groups excluding carboxylic acids is 3. The zero-order valence-electron chi connectivity index (χ0n) is 17.1. The highest BCUT2D eigenvalue weighted by Gasteiger charge is 2.18. The van der Waals surface area contributed by atoms with Crippen LogP contribution in [0.15, 0.2) is 78.9 Å². The first-order valence-corrected chi connectivity index (χ1v) is 10.3. The lowest BCUT2D eigenvalue weighted by atomic mass is 9.99. The molecule has 0 aliphatic heterocycles. The third kappa shape index (κ3) is 6.75. The summed E-state index contributed by atoms with van der Waals surface area (Å²) in [6.45, 7) is -0.472. The lowest BCUT2D eigenvalue weighted by Gasteiger charge is -2.20. The highest BCUT2D eigenvalue weighted by Crippen LogP contribution is 2.23. The van der Waals surface area contributed by atoms with Gasteiger partial charge >= 0.3 is 5.97 Å². The van der Waals surface area contributed by atoms with Gasteiger partial charge in [-0.1, -0.05) is 54.1 Å². The smallest absolute Gasteiger partial charge is 0.306 e. The fourth-order valence-electron chi connectivity index (χ4n) is 3.08. The zero-order chi connectivity index (χ0) is 22.9. The predicted molar refractivity (Wildman–Crippen MR) is 119 cm³/mol. The molecule has 0 aromatic heterocycles. The van der Waals surface area contributed by atoms with Gasteiger partial charge in [0.2, 0.25) is 0 Å². The van der Waals surface area contributed by atoms with Gasteiger partial charge in [0.25, 0.3) is 5.91 Å². The van der Waals surface area contributed by atoms with E-state index in [0.717, 1.165) is 11.1 Å². The SMILES string of the molecule is O=C(COC(=O)CCC(=O)c1ccc(F)cc1)NC(c1ccccc1)c1ccc(Cl)cc1. The van der Waals surface area contributed by atoms with Crippen molar-refractivity contribution in [1.82, 2.24) is 5.32 Å². The number of halogens is 2. The molecule has 1 unspecified atom stereocenters. The topological polar surface area (TPSA) is 72.5 Å². The molecule has 0 fully saturated rings. The van der Waals surface area contributed by atoms with E-state index < -0.39 is 30.3 Å². The number of benzene rings is 3. The maximum absolute atomic E-state index is 12.9. The van der Waals surface area contributed by atoms with E-state index in [1.807, 2.05) is 42.5 Å². The zero-order valence-corrected chi connectivity index (χ0v) is 17.8. The molecule has 5 nitrogen and oxygen atoms in total. The van der Waals surface area contributed by atoms with Gasteiger partial charge in [-0.25, -0.2) is 4.39 Å². The largest absolute Gasteiger partial charge is 0.456 e. The van der Waals surface area contributed by atoms with Crippen LogP contribution in [0.2, 0.25) is 5.02 Å². The van der Waals surface area contributed by atoms with E-state index in [4.69, 9.17) is 16.3 Å². The quantitative estimate of drug-likeness (QED) is 0.370. The van der Waals surface area contributed by atoms with Crippen LogP contribution in [0, 0.1) is 5.82 Å². The second-order valence-electron chi connectivity index (χ2n) is 7.05. The van der Waals surface area contributed by atoms with Crippen LogP contribution in [-0.4, -0.2) is 24.3 Å². The number of nitrogens with one attached hydrogen (secondary N) is 1. The van der Waals surface area contributed by atoms with Crippen molar-refractivity contribution < 1.29 is 23.5 Å². The van der Waals surface area contributed by atoms with Gasteiger partial charge in [0.05, 0.1) is 12.5 Å². The minimum Gasteiger partial charge on any atom is -0.456 e. The first kappa shape index (κ1) is 23.2. The second kappa shape index (κ2) is 11.2. The summed E-state index contributed by atoms with van der Waals surface area (Å²) < 4.78 is 18.0. The molecule has 0 aliphatic rings. The summed E-state index contributed by atoms with van der Waals surface area (Å²) >= 11 is 5.97. The molecule has 0 aliphatic carbocycles. The Morgan fingerprint density at radius 1 is 0.844 bits per heavy atom. The van der Waals surface area contributed by atoms with Crippen LogP contribution < -0.4 is 5.32 Å². The van der Waals surface area contributed by atoms with Gasteiger partial charge in [-0.2, -0.15) is 0 Å². The van der Waals surface area contributed by atoms with E-state index >= 15 is 0 Å². The fourth-order valence-corrected chi connectivity index (χ4v) is 3.20. The molecular weight excluding hydrogens is 433 g/mol. The van der Waals surface area contributed by atoms with E-state index in [9.17, 15) is 18.8 Å². The number of esters is 1. The first-order chi connectivity index (χ1) is 15.4. The van der Waals surface area contributed by atoms with Crippen LogP contribution in [0.5, 0.6) is 0 Å². The van der Waals surface area contributed by atoms with Crippen molar-refractivity contribution in [2.24, 2.45) is 0 Å². The summed E-state index contributed by atoms with van der Waals surface area (Å²) in [5.41, 5.74) is 2.00. The van der Waals surface area contributed by atoms with Gasteiger partial charge in [-0.15, -0.1) is 0 Å². The normalized spacial score (nSPS) is 11.4. The lowest BCUT2D eigenvalue weighted by molar-refractivity contribution is -0.148. The molecule has 0 radical (unpaired) electrons. The van der Waals surface area contributed by atoms with Crippen molar-refractivity contribution in [3.05, 3.63) is 106 Å². The van der Waals surface area contributed by atoms with Gasteiger partial charge in [-0.3, -0.25) is 14.4 Å². The van der Waals surface area contributed by atoms with Crippen molar-refractivity contribution >= 4 is 29.3 Å². The number of carbonyl (C=O) groups is 3. The summed E-state index contributed by atoms with van der Waals surface area (Å²) in [5, 5.41) is 3.44. The van der Waals surface area contributed by atoms with Gasteiger partial charge in [0.1, 0.15) is 5.82 Å². The first-order valence-electron chi connectivity index (χ1n) is 9.96. The molecule has 1 N–H and O–H groups in total.